The van der Waals surface area contributed by atoms with E-state index in [0.717, 1.165) is 37.3 Å². The largest absolute Gasteiger partial charge is 0.433 e. The lowest BCUT2D eigenvalue weighted by Gasteiger charge is -2.32. The Bertz CT molecular complexity index is 460. The molecule has 0 unspecified atom stereocenters. The predicted octanol–water partition coefficient (Wildman–Crippen LogP) is 2.81. The number of nitrogens with one attached hydrogen (secondary N) is 1. The Morgan fingerprint density at radius 1 is 1.52 bits per heavy atom. The maximum absolute atomic E-state index is 12.4. The van der Waals surface area contributed by atoms with Gasteiger partial charge in [-0.3, -0.25) is 4.79 Å². The van der Waals surface area contributed by atoms with Crippen LogP contribution in [0.15, 0.2) is 11.4 Å². The first kappa shape index (κ1) is 16.2. The molecule has 0 spiro atoms. The molecule has 0 atom stereocenters. The number of halogens is 2. The van der Waals surface area contributed by atoms with Crippen molar-refractivity contribution in [1.29, 1.82) is 0 Å². The summed E-state index contributed by atoms with van der Waals surface area (Å²) in [5, 5.41) is 4.92. The van der Waals surface area contributed by atoms with Gasteiger partial charge >= 0.3 is 6.61 Å². The van der Waals surface area contributed by atoms with Gasteiger partial charge < -0.3 is 15.0 Å². The summed E-state index contributed by atoms with van der Waals surface area (Å²) in [5.74, 6) is 0.353. The molecule has 0 saturated carbocycles. The number of hydrogen-bond donors (Lipinski definition) is 1. The molecule has 0 aromatic carbocycles. The number of amides is 1. The van der Waals surface area contributed by atoms with Crippen molar-refractivity contribution in [3.63, 3.8) is 0 Å². The van der Waals surface area contributed by atoms with E-state index in [9.17, 15) is 13.6 Å². The van der Waals surface area contributed by atoms with E-state index in [4.69, 9.17) is 0 Å². The molecule has 1 aliphatic rings. The van der Waals surface area contributed by atoms with Gasteiger partial charge in [0.1, 0.15) is 10.6 Å². The fourth-order valence-electron chi connectivity index (χ4n) is 2.47. The number of carbonyl (C=O) groups excluding carboxylic acids is 1. The molecule has 7 heteroatoms. The Kier molecular flexibility index (Phi) is 5.93. The zero-order valence-corrected chi connectivity index (χ0v) is 12.8. The van der Waals surface area contributed by atoms with Crippen LogP contribution in [0.25, 0.3) is 0 Å². The standard InChI is InChI=1S/C14H20F2N2O2S/c1-2-17-9-10-3-6-18(7-4-10)13(19)12-11(5-8-21-12)20-14(15)16/h5,8,10,14,17H,2-4,6-7,9H2,1H3. The molecule has 0 bridgehead atoms. The molecule has 1 aliphatic heterocycles. The molecule has 2 rings (SSSR count). The maximum Gasteiger partial charge on any atom is 0.387 e. The summed E-state index contributed by atoms with van der Waals surface area (Å²) in [6, 6.07) is 1.42. The van der Waals surface area contributed by atoms with Gasteiger partial charge in [0.25, 0.3) is 5.91 Å². The van der Waals surface area contributed by atoms with Crippen molar-refractivity contribution in [2.45, 2.75) is 26.4 Å². The quantitative estimate of drug-likeness (QED) is 0.877. The summed E-state index contributed by atoms with van der Waals surface area (Å²) in [6.45, 7) is 2.42. The second-order valence-electron chi connectivity index (χ2n) is 5.04. The van der Waals surface area contributed by atoms with Gasteiger partial charge in [-0.05, 0) is 43.3 Å². The molecule has 1 amide bonds. The third kappa shape index (κ3) is 4.38. The number of carbonyl (C=O) groups is 1. The molecule has 1 N–H and O–H groups in total. The Balaban J connectivity index is 1.91. The molecule has 2 heterocycles. The zero-order chi connectivity index (χ0) is 15.2. The van der Waals surface area contributed by atoms with Crippen LogP contribution >= 0.6 is 11.3 Å². The number of rotatable bonds is 6. The molecular formula is C14H20F2N2O2S. The monoisotopic (exact) mass is 318 g/mol. The third-order valence-electron chi connectivity index (χ3n) is 3.62. The second kappa shape index (κ2) is 7.70. The van der Waals surface area contributed by atoms with E-state index in [1.54, 1.807) is 10.3 Å². The lowest BCUT2D eigenvalue weighted by atomic mass is 9.96. The van der Waals surface area contributed by atoms with Crippen LogP contribution in [-0.4, -0.2) is 43.6 Å². The highest BCUT2D eigenvalue weighted by molar-refractivity contribution is 7.12. The Morgan fingerprint density at radius 2 is 2.24 bits per heavy atom. The SMILES string of the molecule is CCNCC1CCN(C(=O)c2sccc2OC(F)F)CC1. The second-order valence-corrected chi connectivity index (χ2v) is 5.95. The molecular weight excluding hydrogens is 298 g/mol. The van der Waals surface area contributed by atoms with Crippen molar-refractivity contribution in [1.82, 2.24) is 10.2 Å². The van der Waals surface area contributed by atoms with E-state index in [1.165, 1.54) is 6.07 Å². The minimum Gasteiger partial charge on any atom is -0.433 e. The van der Waals surface area contributed by atoms with E-state index >= 15 is 0 Å². The van der Waals surface area contributed by atoms with E-state index in [1.807, 2.05) is 0 Å². The Labute approximate surface area is 127 Å². The Hall–Kier alpha value is -1.21. The van der Waals surface area contributed by atoms with Gasteiger partial charge in [0.15, 0.2) is 0 Å². The number of nitrogens with zero attached hydrogens (tertiary/aromatic N) is 1. The van der Waals surface area contributed by atoms with Gasteiger partial charge in [-0.15, -0.1) is 11.3 Å². The van der Waals surface area contributed by atoms with Crippen molar-refractivity contribution in [3.8, 4) is 5.75 Å². The van der Waals surface area contributed by atoms with E-state index < -0.39 is 6.61 Å². The molecule has 0 radical (unpaired) electrons. The number of ether oxygens (including phenoxy) is 1. The van der Waals surface area contributed by atoms with Gasteiger partial charge in [0.05, 0.1) is 0 Å². The van der Waals surface area contributed by atoms with Gasteiger partial charge in [-0.2, -0.15) is 8.78 Å². The van der Waals surface area contributed by atoms with Crippen molar-refractivity contribution in [2.24, 2.45) is 5.92 Å². The molecule has 1 fully saturated rings. The van der Waals surface area contributed by atoms with Gasteiger partial charge in [-0.1, -0.05) is 6.92 Å². The van der Waals surface area contributed by atoms with Gasteiger partial charge in [-0.25, -0.2) is 0 Å². The summed E-state index contributed by atoms with van der Waals surface area (Å²) in [5.41, 5.74) is 0. The van der Waals surface area contributed by atoms with Gasteiger partial charge in [0.2, 0.25) is 0 Å². The van der Waals surface area contributed by atoms with Crippen LogP contribution in [0.1, 0.15) is 29.4 Å². The van der Waals surface area contributed by atoms with E-state index in [-0.39, 0.29) is 16.5 Å². The highest BCUT2D eigenvalue weighted by Gasteiger charge is 2.26. The highest BCUT2D eigenvalue weighted by atomic mass is 32.1. The van der Waals surface area contributed by atoms with Crippen LogP contribution in [0.2, 0.25) is 0 Å². The number of likely N-dealkylation sites (tertiary alicyclic amines) is 1. The van der Waals surface area contributed by atoms with Crippen LogP contribution in [0, 0.1) is 5.92 Å². The molecule has 4 nitrogen and oxygen atoms in total. The average molecular weight is 318 g/mol. The van der Waals surface area contributed by atoms with Crippen LogP contribution in [-0.2, 0) is 0 Å². The molecule has 118 valence electrons. The minimum absolute atomic E-state index is 0.0187. The molecule has 1 aromatic heterocycles. The smallest absolute Gasteiger partial charge is 0.387 e. The first-order valence-electron chi connectivity index (χ1n) is 7.14. The molecule has 1 saturated heterocycles. The van der Waals surface area contributed by atoms with Crippen molar-refractivity contribution < 1.29 is 18.3 Å². The van der Waals surface area contributed by atoms with Crippen molar-refractivity contribution in [2.75, 3.05) is 26.2 Å². The first-order valence-corrected chi connectivity index (χ1v) is 8.02. The molecule has 21 heavy (non-hydrogen) atoms. The van der Waals surface area contributed by atoms with Crippen molar-refractivity contribution in [3.05, 3.63) is 16.3 Å². The fraction of sp³-hybridized carbons (Fsp3) is 0.643. The molecule has 0 aliphatic carbocycles. The van der Waals surface area contributed by atoms with Crippen LogP contribution in [0.4, 0.5) is 8.78 Å². The number of alkyl halides is 2. The normalized spacial score (nSPS) is 16.5. The summed E-state index contributed by atoms with van der Waals surface area (Å²) < 4.78 is 29.0. The zero-order valence-electron chi connectivity index (χ0n) is 12.0. The minimum atomic E-state index is -2.91. The van der Waals surface area contributed by atoms with E-state index in [0.29, 0.717) is 19.0 Å². The van der Waals surface area contributed by atoms with Crippen LogP contribution in [0.3, 0.4) is 0 Å². The summed E-state index contributed by atoms with van der Waals surface area (Å²) in [7, 11) is 0. The number of hydrogen-bond acceptors (Lipinski definition) is 4. The lowest BCUT2D eigenvalue weighted by molar-refractivity contribution is -0.0499. The number of piperidine rings is 1. The van der Waals surface area contributed by atoms with Crippen LogP contribution in [0.5, 0.6) is 5.75 Å². The van der Waals surface area contributed by atoms with Crippen molar-refractivity contribution >= 4 is 17.2 Å². The summed E-state index contributed by atoms with van der Waals surface area (Å²) in [6.07, 6.45) is 1.88. The third-order valence-corrected chi connectivity index (χ3v) is 4.51. The first-order chi connectivity index (χ1) is 10.1. The Morgan fingerprint density at radius 3 is 2.86 bits per heavy atom. The van der Waals surface area contributed by atoms with E-state index in [2.05, 4.69) is 17.0 Å². The number of thiophene rings is 1. The highest BCUT2D eigenvalue weighted by Crippen LogP contribution is 2.29. The molecule has 1 aromatic rings. The summed E-state index contributed by atoms with van der Waals surface area (Å²) >= 11 is 1.15. The lowest BCUT2D eigenvalue weighted by Crippen LogP contribution is -2.40. The van der Waals surface area contributed by atoms with Gasteiger partial charge in [0, 0.05) is 13.1 Å². The summed E-state index contributed by atoms with van der Waals surface area (Å²) in [4.78, 5) is 14.4. The average Bonchev–Trinajstić information content (AvgIpc) is 2.92. The van der Waals surface area contributed by atoms with Crippen LogP contribution < -0.4 is 10.1 Å². The topological polar surface area (TPSA) is 41.6 Å². The fourth-order valence-corrected chi connectivity index (χ4v) is 3.26. The maximum atomic E-state index is 12.4. The predicted molar refractivity (Wildman–Crippen MR) is 78.1 cm³/mol.